The molecule has 0 bridgehead atoms. The van der Waals surface area contributed by atoms with E-state index in [4.69, 9.17) is 13.9 Å². The predicted octanol–water partition coefficient (Wildman–Crippen LogP) is 3.20. The number of fused-ring (bicyclic) bond motifs is 1. The molecule has 0 saturated heterocycles. The second kappa shape index (κ2) is 10.4. The molecule has 0 aliphatic carbocycles. The van der Waals surface area contributed by atoms with E-state index < -0.39 is 0 Å². The highest BCUT2D eigenvalue weighted by molar-refractivity contribution is 7.99. The molecule has 1 N–H and O–H groups in total. The van der Waals surface area contributed by atoms with E-state index in [1.54, 1.807) is 18.7 Å². The van der Waals surface area contributed by atoms with E-state index in [0.29, 0.717) is 43.7 Å². The van der Waals surface area contributed by atoms with Gasteiger partial charge in [-0.1, -0.05) is 17.8 Å². The lowest BCUT2D eigenvalue weighted by Gasteiger charge is -2.18. The molecule has 5 rings (SSSR count). The van der Waals surface area contributed by atoms with Crippen molar-refractivity contribution in [1.82, 2.24) is 25.1 Å². The van der Waals surface area contributed by atoms with Crippen LogP contribution in [0.3, 0.4) is 0 Å². The average Bonchev–Trinajstić information content (AvgIpc) is 3.54. The Kier molecular flexibility index (Phi) is 6.76. The van der Waals surface area contributed by atoms with Crippen LogP contribution < -0.4 is 14.8 Å². The first-order valence-electron chi connectivity index (χ1n) is 10.9. The molecule has 3 aromatic heterocycles. The summed E-state index contributed by atoms with van der Waals surface area (Å²) in [6, 6.07) is 13.4. The highest BCUT2D eigenvalue weighted by atomic mass is 32.2. The van der Waals surface area contributed by atoms with E-state index in [-0.39, 0.29) is 11.7 Å². The minimum atomic E-state index is -0.0713. The number of benzene rings is 1. The molecule has 1 aromatic carbocycles. The molecular formula is C24H23N5O4S. The van der Waals surface area contributed by atoms with Gasteiger partial charge in [0.2, 0.25) is 5.91 Å². The second-order valence-electron chi connectivity index (χ2n) is 7.58. The second-order valence-corrected chi connectivity index (χ2v) is 8.52. The van der Waals surface area contributed by atoms with Gasteiger partial charge in [0.25, 0.3) is 0 Å². The van der Waals surface area contributed by atoms with Crippen LogP contribution in [0.2, 0.25) is 0 Å². The van der Waals surface area contributed by atoms with E-state index in [0.717, 1.165) is 28.4 Å². The van der Waals surface area contributed by atoms with Crippen LogP contribution >= 0.6 is 11.8 Å². The zero-order valence-electron chi connectivity index (χ0n) is 18.3. The minimum absolute atomic E-state index is 0.0713. The molecule has 0 radical (unpaired) electrons. The molecule has 0 atom stereocenters. The number of aromatic nitrogens is 4. The first kappa shape index (κ1) is 22.0. The number of carbonyl (C=O) groups excluding carboxylic acids is 1. The summed E-state index contributed by atoms with van der Waals surface area (Å²) in [6.45, 7) is 2.11. The van der Waals surface area contributed by atoms with E-state index >= 15 is 0 Å². The minimum Gasteiger partial charge on any atom is -0.486 e. The largest absolute Gasteiger partial charge is 0.486 e. The molecule has 174 valence electrons. The van der Waals surface area contributed by atoms with Crippen LogP contribution in [-0.4, -0.2) is 51.2 Å². The van der Waals surface area contributed by atoms with Crippen LogP contribution in [0.4, 0.5) is 0 Å². The maximum Gasteiger partial charge on any atom is 0.230 e. The van der Waals surface area contributed by atoms with Gasteiger partial charge in [-0.3, -0.25) is 14.3 Å². The van der Waals surface area contributed by atoms with E-state index in [2.05, 4.69) is 20.5 Å². The highest BCUT2D eigenvalue weighted by Crippen LogP contribution is 2.30. The fraction of sp³-hybridized carbons (Fsp3) is 0.250. The number of nitrogens with one attached hydrogen (secondary N) is 1. The van der Waals surface area contributed by atoms with Gasteiger partial charge in [0.15, 0.2) is 22.5 Å². The maximum absolute atomic E-state index is 12.5. The fourth-order valence-electron chi connectivity index (χ4n) is 3.58. The number of nitrogens with zero attached hydrogens (tertiary/aromatic N) is 4. The highest BCUT2D eigenvalue weighted by Gasteiger charge is 2.17. The van der Waals surface area contributed by atoms with Crippen molar-refractivity contribution in [2.24, 2.45) is 0 Å². The standard InChI is InChI=1S/C24H23N5O4S/c30-22(26-9-7-17-5-6-20-21(13-17)33-12-11-32-20)16-34-24-28-27-23(18-3-1-8-25-14-18)29(24)15-19-4-2-10-31-19/h1-6,8,10,13-14H,7,9,11-12,15-16H2,(H,26,30). The molecule has 1 aliphatic heterocycles. The molecule has 9 nitrogen and oxygen atoms in total. The van der Waals surface area contributed by atoms with Crippen molar-refractivity contribution in [3.63, 3.8) is 0 Å². The maximum atomic E-state index is 12.5. The smallest absolute Gasteiger partial charge is 0.230 e. The number of hydrogen-bond acceptors (Lipinski definition) is 8. The van der Waals surface area contributed by atoms with Gasteiger partial charge in [0.05, 0.1) is 18.6 Å². The number of hydrogen-bond donors (Lipinski definition) is 1. The van der Waals surface area contributed by atoms with Crippen molar-refractivity contribution in [2.75, 3.05) is 25.5 Å². The topological polar surface area (TPSA) is 104 Å². The summed E-state index contributed by atoms with van der Waals surface area (Å²) in [5.74, 6) is 3.12. The number of furan rings is 1. The average molecular weight is 478 g/mol. The van der Waals surface area contributed by atoms with Crippen LogP contribution in [-0.2, 0) is 17.8 Å². The molecule has 0 spiro atoms. The lowest BCUT2D eigenvalue weighted by molar-refractivity contribution is -0.118. The number of thioether (sulfide) groups is 1. The van der Waals surface area contributed by atoms with Crippen molar-refractivity contribution >= 4 is 17.7 Å². The number of pyridine rings is 1. The third kappa shape index (κ3) is 5.23. The summed E-state index contributed by atoms with van der Waals surface area (Å²) in [6.07, 6.45) is 5.78. The Morgan fingerprint density at radius 3 is 2.82 bits per heavy atom. The first-order chi connectivity index (χ1) is 16.8. The SMILES string of the molecule is O=C(CSc1nnc(-c2cccnc2)n1Cc1ccco1)NCCc1ccc2c(c1)OCCO2. The lowest BCUT2D eigenvalue weighted by atomic mass is 10.1. The van der Waals surface area contributed by atoms with Crippen molar-refractivity contribution in [3.8, 4) is 22.9 Å². The third-order valence-corrected chi connectivity index (χ3v) is 6.17. The van der Waals surface area contributed by atoms with Crippen molar-refractivity contribution < 1.29 is 18.7 Å². The summed E-state index contributed by atoms with van der Waals surface area (Å²) in [7, 11) is 0. The molecule has 1 amide bonds. The van der Waals surface area contributed by atoms with Crippen molar-refractivity contribution in [3.05, 3.63) is 72.4 Å². The van der Waals surface area contributed by atoms with Crippen molar-refractivity contribution in [2.45, 2.75) is 18.1 Å². The number of carbonyl (C=O) groups is 1. The van der Waals surface area contributed by atoms with Crippen LogP contribution in [0.15, 0.2) is 70.7 Å². The van der Waals surface area contributed by atoms with E-state index in [1.807, 2.05) is 47.0 Å². The first-order valence-corrected chi connectivity index (χ1v) is 11.9. The molecule has 10 heteroatoms. The summed E-state index contributed by atoms with van der Waals surface area (Å²) < 4.78 is 18.6. The predicted molar refractivity (Wildman–Crippen MR) is 126 cm³/mol. The number of ether oxygens (including phenoxy) is 2. The van der Waals surface area contributed by atoms with Gasteiger partial charge in [-0.05, 0) is 48.4 Å². The summed E-state index contributed by atoms with van der Waals surface area (Å²) in [5, 5.41) is 12.3. The van der Waals surface area contributed by atoms with E-state index in [1.165, 1.54) is 11.8 Å². The van der Waals surface area contributed by atoms with Crippen LogP contribution in [0.25, 0.3) is 11.4 Å². The summed E-state index contributed by atoms with van der Waals surface area (Å²) in [5.41, 5.74) is 1.92. The molecule has 4 aromatic rings. The Morgan fingerprint density at radius 2 is 2.00 bits per heavy atom. The van der Waals surface area contributed by atoms with Crippen LogP contribution in [0.1, 0.15) is 11.3 Å². The monoisotopic (exact) mass is 477 g/mol. The molecule has 4 heterocycles. The zero-order chi connectivity index (χ0) is 23.2. The van der Waals surface area contributed by atoms with Gasteiger partial charge in [0, 0.05) is 24.5 Å². The number of amides is 1. The van der Waals surface area contributed by atoms with Crippen molar-refractivity contribution in [1.29, 1.82) is 0 Å². The molecule has 1 aliphatic rings. The van der Waals surface area contributed by atoms with Gasteiger partial charge in [-0.25, -0.2) is 0 Å². The Balaban J connectivity index is 1.19. The van der Waals surface area contributed by atoms with Gasteiger partial charge in [0.1, 0.15) is 19.0 Å². The Bertz CT molecular complexity index is 1240. The van der Waals surface area contributed by atoms with Gasteiger partial charge >= 0.3 is 0 Å². The fourth-order valence-corrected chi connectivity index (χ4v) is 4.34. The Labute approximate surface area is 200 Å². The quantitative estimate of drug-likeness (QED) is 0.367. The summed E-state index contributed by atoms with van der Waals surface area (Å²) in [4.78, 5) is 16.7. The van der Waals surface area contributed by atoms with E-state index in [9.17, 15) is 4.79 Å². The lowest BCUT2D eigenvalue weighted by Crippen LogP contribution is -2.27. The molecule has 0 fully saturated rings. The van der Waals surface area contributed by atoms with Gasteiger partial charge in [-0.2, -0.15) is 0 Å². The third-order valence-electron chi connectivity index (χ3n) is 5.21. The molecule has 34 heavy (non-hydrogen) atoms. The van der Waals surface area contributed by atoms with Crippen LogP contribution in [0, 0.1) is 0 Å². The normalized spacial score (nSPS) is 12.5. The molecule has 0 saturated carbocycles. The Hall–Kier alpha value is -3.79. The molecular weight excluding hydrogens is 454 g/mol. The van der Waals surface area contributed by atoms with Gasteiger partial charge < -0.3 is 19.2 Å². The van der Waals surface area contributed by atoms with Crippen LogP contribution in [0.5, 0.6) is 11.5 Å². The summed E-state index contributed by atoms with van der Waals surface area (Å²) >= 11 is 1.34. The zero-order valence-corrected chi connectivity index (χ0v) is 19.2. The Morgan fingerprint density at radius 1 is 1.09 bits per heavy atom. The van der Waals surface area contributed by atoms with Gasteiger partial charge in [-0.15, -0.1) is 10.2 Å². The number of rotatable bonds is 9. The molecule has 0 unspecified atom stereocenters.